The quantitative estimate of drug-likeness (QED) is 0.541. The molecule has 0 fully saturated rings. The lowest BCUT2D eigenvalue weighted by Gasteiger charge is -1.98. The molecule has 100 valence electrons. The van der Waals surface area contributed by atoms with Gasteiger partial charge in [0.25, 0.3) is 0 Å². The summed E-state index contributed by atoms with van der Waals surface area (Å²) < 4.78 is 22.1. The molecule has 8 nitrogen and oxygen atoms in total. The van der Waals surface area contributed by atoms with Gasteiger partial charge in [-0.25, -0.2) is 8.42 Å². The third-order valence-electron chi connectivity index (χ3n) is 1.37. The summed E-state index contributed by atoms with van der Waals surface area (Å²) in [7, 11) is -3.40. The van der Waals surface area contributed by atoms with Crippen molar-refractivity contribution in [1.29, 1.82) is 0 Å². The van der Waals surface area contributed by atoms with Crippen molar-refractivity contribution < 1.29 is 23.1 Å². The summed E-state index contributed by atoms with van der Waals surface area (Å²) in [6.07, 6.45) is 0.945. The lowest BCUT2D eigenvalue weighted by atomic mass is 10.7. The molecule has 1 aromatic rings. The number of aliphatic carboxylic acids is 1. The molecule has 0 bridgehead atoms. The van der Waals surface area contributed by atoms with E-state index in [1.165, 1.54) is 0 Å². The van der Waals surface area contributed by atoms with Crippen LogP contribution in [0.4, 0.5) is 5.13 Å². The normalized spacial score (nSPS) is 11.2. The van der Waals surface area contributed by atoms with E-state index in [1.807, 2.05) is 0 Å². The molecule has 0 aliphatic carbocycles. The van der Waals surface area contributed by atoms with Gasteiger partial charge in [-0.15, -0.1) is 10.2 Å². The second-order valence-corrected chi connectivity index (χ2v) is 7.51. The fourth-order valence-corrected chi connectivity index (χ4v) is 2.87. The third-order valence-corrected chi connectivity index (χ3v) is 4.11. The van der Waals surface area contributed by atoms with Gasteiger partial charge in [0.1, 0.15) is 5.75 Å². The molecule has 18 heavy (non-hydrogen) atoms. The van der Waals surface area contributed by atoms with Crippen LogP contribution in [-0.4, -0.2) is 53.4 Å². The fraction of sp³-hybridized carbons (Fsp3) is 0.429. The first-order valence-corrected chi connectivity index (χ1v) is 8.28. The standard InChI is InChI=1S/C7H9N3O5S3/c1-18(14,15)3-4(11)8-6-9-10-7(17-6)16-2-5(12)13/h2-3H2,1H3,(H,12,13)(H,8,9,11). The number of thioether (sulfide) groups is 1. The van der Waals surface area contributed by atoms with E-state index in [-0.39, 0.29) is 10.9 Å². The second kappa shape index (κ2) is 6.11. The minimum Gasteiger partial charge on any atom is -0.481 e. The summed E-state index contributed by atoms with van der Waals surface area (Å²) in [5.74, 6) is -2.49. The van der Waals surface area contributed by atoms with Crippen LogP contribution < -0.4 is 5.32 Å². The van der Waals surface area contributed by atoms with Crippen molar-refractivity contribution >= 4 is 49.9 Å². The number of nitrogens with zero attached hydrogens (tertiary/aromatic N) is 2. The Kier molecular flexibility index (Phi) is 5.04. The van der Waals surface area contributed by atoms with Gasteiger partial charge in [0.05, 0.1) is 5.75 Å². The molecule has 1 heterocycles. The van der Waals surface area contributed by atoms with Crippen molar-refractivity contribution in [2.45, 2.75) is 4.34 Å². The van der Waals surface area contributed by atoms with Gasteiger partial charge in [0.2, 0.25) is 11.0 Å². The van der Waals surface area contributed by atoms with Crippen LogP contribution in [0.15, 0.2) is 4.34 Å². The van der Waals surface area contributed by atoms with Crippen molar-refractivity contribution in [3.8, 4) is 0 Å². The Morgan fingerprint density at radius 2 is 2.11 bits per heavy atom. The lowest BCUT2D eigenvalue weighted by Crippen LogP contribution is -2.21. The van der Waals surface area contributed by atoms with Crippen LogP contribution in [0.2, 0.25) is 0 Å². The number of nitrogens with one attached hydrogen (secondary N) is 1. The highest BCUT2D eigenvalue weighted by Gasteiger charge is 2.14. The van der Waals surface area contributed by atoms with Crippen molar-refractivity contribution in [2.75, 3.05) is 23.1 Å². The lowest BCUT2D eigenvalue weighted by molar-refractivity contribution is -0.133. The largest absolute Gasteiger partial charge is 0.481 e. The van der Waals surface area contributed by atoms with Gasteiger partial charge in [-0.2, -0.15) is 0 Å². The van der Waals surface area contributed by atoms with Crippen LogP contribution >= 0.6 is 23.1 Å². The summed E-state index contributed by atoms with van der Waals surface area (Å²) in [5, 5.41) is 18.1. The van der Waals surface area contributed by atoms with E-state index in [4.69, 9.17) is 5.11 Å². The van der Waals surface area contributed by atoms with Crippen LogP contribution in [-0.2, 0) is 19.4 Å². The van der Waals surface area contributed by atoms with E-state index in [0.717, 1.165) is 29.4 Å². The number of rotatable bonds is 6. The van der Waals surface area contributed by atoms with Crippen LogP contribution in [0.5, 0.6) is 0 Å². The number of sulfone groups is 1. The van der Waals surface area contributed by atoms with Gasteiger partial charge in [-0.3, -0.25) is 14.9 Å². The predicted molar refractivity (Wildman–Crippen MR) is 66.6 cm³/mol. The van der Waals surface area contributed by atoms with Crippen LogP contribution in [0.1, 0.15) is 0 Å². The van der Waals surface area contributed by atoms with E-state index in [2.05, 4.69) is 15.5 Å². The van der Waals surface area contributed by atoms with Crippen molar-refractivity contribution in [1.82, 2.24) is 10.2 Å². The third kappa shape index (κ3) is 5.93. The van der Waals surface area contributed by atoms with Crippen LogP contribution in [0.25, 0.3) is 0 Å². The highest BCUT2D eigenvalue weighted by Crippen LogP contribution is 2.25. The number of carbonyl (C=O) groups excluding carboxylic acids is 1. The number of carboxylic acids is 1. The van der Waals surface area contributed by atoms with Gasteiger partial charge in [-0.05, 0) is 0 Å². The summed E-state index contributed by atoms with van der Waals surface area (Å²) >= 11 is 1.95. The van der Waals surface area contributed by atoms with Crippen LogP contribution in [0.3, 0.4) is 0 Å². The number of hydrogen-bond donors (Lipinski definition) is 2. The first-order valence-electron chi connectivity index (χ1n) is 4.42. The Hall–Kier alpha value is -1.20. The molecule has 1 amide bonds. The summed E-state index contributed by atoms with van der Waals surface area (Å²) in [6, 6.07) is 0. The van der Waals surface area contributed by atoms with Crippen LogP contribution in [0, 0.1) is 0 Å². The Bertz CT molecular complexity index is 552. The Morgan fingerprint density at radius 1 is 1.44 bits per heavy atom. The highest BCUT2D eigenvalue weighted by molar-refractivity contribution is 8.01. The van der Waals surface area contributed by atoms with Crippen molar-refractivity contribution in [3.05, 3.63) is 0 Å². The molecule has 0 aliphatic rings. The molecular weight excluding hydrogens is 302 g/mol. The number of carboxylic acid groups (broad SMARTS) is 1. The highest BCUT2D eigenvalue weighted by atomic mass is 32.2. The average molecular weight is 311 g/mol. The Morgan fingerprint density at radius 3 is 2.67 bits per heavy atom. The minimum absolute atomic E-state index is 0.136. The molecule has 1 rings (SSSR count). The van der Waals surface area contributed by atoms with E-state index in [0.29, 0.717) is 4.34 Å². The van der Waals surface area contributed by atoms with Gasteiger partial charge in [0.15, 0.2) is 14.2 Å². The first kappa shape index (κ1) is 14.9. The molecule has 0 aliphatic heterocycles. The maximum atomic E-state index is 11.3. The van der Waals surface area contributed by atoms with Gasteiger partial charge >= 0.3 is 5.97 Å². The molecular formula is C7H9N3O5S3. The van der Waals surface area contributed by atoms with E-state index in [9.17, 15) is 18.0 Å². The Balaban J connectivity index is 2.53. The SMILES string of the molecule is CS(=O)(=O)CC(=O)Nc1nnc(SCC(=O)O)s1. The summed E-state index contributed by atoms with van der Waals surface area (Å²) in [5.41, 5.74) is 0. The van der Waals surface area contributed by atoms with E-state index < -0.39 is 27.5 Å². The monoisotopic (exact) mass is 311 g/mol. The first-order chi connectivity index (χ1) is 8.26. The summed E-state index contributed by atoms with van der Waals surface area (Å²) in [6.45, 7) is 0. The molecule has 11 heteroatoms. The maximum Gasteiger partial charge on any atom is 0.313 e. The number of anilines is 1. The molecule has 0 saturated heterocycles. The molecule has 2 N–H and O–H groups in total. The van der Waals surface area contributed by atoms with E-state index >= 15 is 0 Å². The zero-order valence-corrected chi connectivity index (χ0v) is 11.6. The number of aromatic nitrogens is 2. The topological polar surface area (TPSA) is 126 Å². The zero-order valence-electron chi connectivity index (χ0n) is 9.11. The van der Waals surface area contributed by atoms with Gasteiger partial charge in [0, 0.05) is 6.26 Å². The van der Waals surface area contributed by atoms with Gasteiger partial charge in [-0.1, -0.05) is 23.1 Å². The number of carbonyl (C=O) groups is 2. The fourth-order valence-electron chi connectivity index (χ4n) is 0.836. The van der Waals surface area contributed by atoms with E-state index in [1.54, 1.807) is 0 Å². The predicted octanol–water partition coefficient (Wildman–Crippen LogP) is -0.302. The molecule has 0 unspecified atom stereocenters. The zero-order chi connectivity index (χ0) is 13.8. The number of hydrogen-bond acceptors (Lipinski definition) is 8. The summed E-state index contributed by atoms with van der Waals surface area (Å²) in [4.78, 5) is 21.6. The van der Waals surface area contributed by atoms with Crippen molar-refractivity contribution in [2.24, 2.45) is 0 Å². The average Bonchev–Trinajstić information content (AvgIpc) is 2.59. The molecule has 0 aromatic carbocycles. The van der Waals surface area contributed by atoms with Gasteiger partial charge < -0.3 is 5.11 Å². The molecule has 0 atom stereocenters. The number of amides is 1. The Labute approximate surface area is 111 Å². The second-order valence-electron chi connectivity index (χ2n) is 3.17. The minimum atomic E-state index is -3.40. The smallest absolute Gasteiger partial charge is 0.313 e. The van der Waals surface area contributed by atoms with Crippen molar-refractivity contribution in [3.63, 3.8) is 0 Å². The molecule has 0 saturated carbocycles. The maximum absolute atomic E-state index is 11.3. The molecule has 0 radical (unpaired) electrons. The molecule has 1 aromatic heterocycles. The molecule has 0 spiro atoms.